The smallest absolute Gasteiger partial charge is 0.184 e. The summed E-state index contributed by atoms with van der Waals surface area (Å²) < 4.78 is 19.5. The molecular formula is C15H8ClFN2OS. The molecule has 0 unspecified atom stereocenters. The predicted molar refractivity (Wildman–Crippen MR) is 82.1 cm³/mol. The zero-order valence-electron chi connectivity index (χ0n) is 10.6. The molecule has 0 aliphatic rings. The summed E-state index contributed by atoms with van der Waals surface area (Å²) in [6.07, 6.45) is 1.84. The number of fused-ring (bicyclic) bond motifs is 1. The Bertz CT molecular complexity index is 927. The van der Waals surface area contributed by atoms with E-state index in [2.05, 4.69) is 9.97 Å². The fraction of sp³-hybridized carbons (Fsp3) is 0. The summed E-state index contributed by atoms with van der Waals surface area (Å²) in [7, 11) is 0. The third kappa shape index (κ3) is 2.05. The van der Waals surface area contributed by atoms with E-state index in [1.807, 2.05) is 23.7 Å². The maximum atomic E-state index is 13.9. The Balaban J connectivity index is 1.82. The summed E-state index contributed by atoms with van der Waals surface area (Å²) in [4.78, 5) is 7.61. The van der Waals surface area contributed by atoms with Gasteiger partial charge in [-0.15, -0.1) is 11.3 Å². The molecule has 21 heavy (non-hydrogen) atoms. The molecule has 3 aromatic heterocycles. The van der Waals surface area contributed by atoms with Gasteiger partial charge in [0.05, 0.1) is 10.7 Å². The molecule has 6 heteroatoms. The molecule has 4 rings (SSSR count). The molecule has 0 aliphatic heterocycles. The fourth-order valence-electron chi connectivity index (χ4n) is 2.15. The monoisotopic (exact) mass is 318 g/mol. The van der Waals surface area contributed by atoms with Gasteiger partial charge in [0.15, 0.2) is 17.2 Å². The van der Waals surface area contributed by atoms with Crippen LogP contribution in [0.4, 0.5) is 4.39 Å². The zero-order chi connectivity index (χ0) is 14.4. The van der Waals surface area contributed by atoms with Gasteiger partial charge in [0.25, 0.3) is 0 Å². The Kier molecular flexibility index (Phi) is 2.83. The highest BCUT2D eigenvalue weighted by Crippen LogP contribution is 2.34. The van der Waals surface area contributed by atoms with Crippen LogP contribution in [0.3, 0.4) is 0 Å². The van der Waals surface area contributed by atoms with E-state index >= 15 is 0 Å². The van der Waals surface area contributed by atoms with Crippen LogP contribution in [-0.2, 0) is 0 Å². The molecule has 1 N–H and O–H groups in total. The largest absolute Gasteiger partial charge is 0.451 e. The van der Waals surface area contributed by atoms with E-state index in [0.29, 0.717) is 16.8 Å². The van der Waals surface area contributed by atoms with Gasteiger partial charge < -0.3 is 9.40 Å². The third-order valence-corrected chi connectivity index (χ3v) is 4.33. The molecule has 0 amide bonds. The number of rotatable bonds is 2. The van der Waals surface area contributed by atoms with E-state index in [1.165, 1.54) is 17.4 Å². The van der Waals surface area contributed by atoms with E-state index in [-0.39, 0.29) is 10.6 Å². The lowest BCUT2D eigenvalue weighted by Crippen LogP contribution is -1.77. The zero-order valence-corrected chi connectivity index (χ0v) is 12.1. The molecule has 0 saturated heterocycles. The second-order valence-electron chi connectivity index (χ2n) is 4.51. The highest BCUT2D eigenvalue weighted by atomic mass is 35.5. The van der Waals surface area contributed by atoms with Crippen molar-refractivity contribution in [3.8, 4) is 22.2 Å². The summed E-state index contributed by atoms with van der Waals surface area (Å²) in [6, 6.07) is 8.87. The summed E-state index contributed by atoms with van der Waals surface area (Å²) in [5, 5.41) is 3.46. The van der Waals surface area contributed by atoms with Crippen molar-refractivity contribution in [1.29, 1.82) is 0 Å². The van der Waals surface area contributed by atoms with Crippen LogP contribution >= 0.6 is 22.9 Å². The number of halogens is 2. The van der Waals surface area contributed by atoms with E-state index in [4.69, 9.17) is 16.0 Å². The molecule has 0 fully saturated rings. The molecule has 1 aromatic carbocycles. The first-order chi connectivity index (χ1) is 10.2. The molecular weight excluding hydrogens is 311 g/mol. The highest BCUT2D eigenvalue weighted by Gasteiger charge is 2.15. The number of H-pyrrole nitrogens is 1. The average Bonchev–Trinajstić information content (AvgIpc) is 3.21. The number of nitrogens with one attached hydrogen (secondary N) is 1. The molecule has 0 radical (unpaired) electrons. The van der Waals surface area contributed by atoms with Crippen molar-refractivity contribution in [2.24, 2.45) is 0 Å². The van der Waals surface area contributed by atoms with E-state index < -0.39 is 5.82 Å². The van der Waals surface area contributed by atoms with Crippen LogP contribution in [0.2, 0.25) is 5.02 Å². The van der Waals surface area contributed by atoms with Gasteiger partial charge in [0, 0.05) is 17.0 Å². The predicted octanol–water partition coefficient (Wildman–Crippen LogP) is 5.34. The first-order valence-electron chi connectivity index (χ1n) is 6.19. The number of furan rings is 1. The Morgan fingerprint density at radius 2 is 2.19 bits per heavy atom. The van der Waals surface area contributed by atoms with E-state index in [9.17, 15) is 4.39 Å². The second kappa shape index (κ2) is 4.72. The van der Waals surface area contributed by atoms with Crippen LogP contribution in [0.25, 0.3) is 33.1 Å². The second-order valence-corrected chi connectivity index (χ2v) is 5.78. The van der Waals surface area contributed by atoms with Crippen molar-refractivity contribution in [3.05, 3.63) is 52.7 Å². The van der Waals surface area contributed by atoms with E-state index in [0.717, 1.165) is 10.7 Å². The Morgan fingerprint density at radius 3 is 3.00 bits per heavy atom. The van der Waals surface area contributed by atoms with Crippen molar-refractivity contribution < 1.29 is 8.81 Å². The summed E-state index contributed by atoms with van der Waals surface area (Å²) in [5.74, 6) is -0.0135. The number of hydrogen-bond acceptors (Lipinski definition) is 3. The lowest BCUT2D eigenvalue weighted by Gasteiger charge is -1.93. The molecule has 4 aromatic rings. The maximum Gasteiger partial charge on any atom is 0.184 e. The molecule has 0 bridgehead atoms. The standard InChI is InChI=1S/C15H8ClFN2OS/c16-9-4-3-8-6-12(20-14(8)13(9)17)11-7-21-15(19-11)10-2-1-5-18-10/h1-7,18H. The molecule has 0 atom stereocenters. The quantitative estimate of drug-likeness (QED) is 0.541. The van der Waals surface area contributed by atoms with Crippen LogP contribution in [0.5, 0.6) is 0 Å². The van der Waals surface area contributed by atoms with Crippen LogP contribution in [0, 0.1) is 5.82 Å². The third-order valence-electron chi connectivity index (χ3n) is 3.16. The first kappa shape index (κ1) is 12.6. The van der Waals surface area contributed by atoms with E-state index in [1.54, 1.807) is 12.1 Å². The lowest BCUT2D eigenvalue weighted by molar-refractivity contribution is 0.568. The minimum Gasteiger partial charge on any atom is -0.451 e. The highest BCUT2D eigenvalue weighted by molar-refractivity contribution is 7.13. The number of hydrogen-bond donors (Lipinski definition) is 1. The van der Waals surface area contributed by atoms with Gasteiger partial charge in [-0.1, -0.05) is 11.6 Å². The number of benzene rings is 1. The first-order valence-corrected chi connectivity index (χ1v) is 7.45. The Labute approximate surface area is 128 Å². The Hall–Kier alpha value is -2.11. The molecule has 0 saturated carbocycles. The summed E-state index contributed by atoms with van der Waals surface area (Å²) >= 11 is 7.26. The topological polar surface area (TPSA) is 41.8 Å². The van der Waals surface area contributed by atoms with Crippen LogP contribution < -0.4 is 0 Å². The van der Waals surface area contributed by atoms with Crippen molar-refractivity contribution in [3.63, 3.8) is 0 Å². The number of aromatic nitrogens is 2. The van der Waals surface area contributed by atoms with Gasteiger partial charge in [-0.3, -0.25) is 0 Å². The van der Waals surface area contributed by atoms with Crippen LogP contribution in [0.1, 0.15) is 0 Å². The van der Waals surface area contributed by atoms with Crippen LogP contribution in [-0.4, -0.2) is 9.97 Å². The maximum absolute atomic E-state index is 13.9. The molecule has 0 spiro atoms. The number of aromatic amines is 1. The van der Waals surface area contributed by atoms with Crippen molar-refractivity contribution >= 4 is 33.9 Å². The minimum absolute atomic E-state index is 0.0498. The van der Waals surface area contributed by atoms with Gasteiger partial charge in [0.1, 0.15) is 10.7 Å². The normalized spacial score (nSPS) is 11.3. The average molecular weight is 319 g/mol. The SMILES string of the molecule is Fc1c(Cl)ccc2cc(-c3csc(-c4ccc[nH]4)n3)oc12. The fourth-order valence-corrected chi connectivity index (χ4v) is 3.09. The minimum atomic E-state index is -0.541. The summed E-state index contributed by atoms with van der Waals surface area (Å²) in [5.41, 5.74) is 1.78. The van der Waals surface area contributed by atoms with Gasteiger partial charge >= 0.3 is 0 Å². The van der Waals surface area contributed by atoms with Crippen molar-refractivity contribution in [2.45, 2.75) is 0 Å². The molecule has 3 nitrogen and oxygen atoms in total. The van der Waals surface area contributed by atoms with Crippen LogP contribution in [0.15, 0.2) is 46.3 Å². The Morgan fingerprint density at radius 1 is 1.29 bits per heavy atom. The van der Waals surface area contributed by atoms with Crippen molar-refractivity contribution in [2.75, 3.05) is 0 Å². The van der Waals surface area contributed by atoms with Gasteiger partial charge in [-0.25, -0.2) is 9.37 Å². The number of thiazole rings is 1. The van der Waals surface area contributed by atoms with Gasteiger partial charge in [-0.2, -0.15) is 0 Å². The van der Waals surface area contributed by atoms with Crippen molar-refractivity contribution in [1.82, 2.24) is 9.97 Å². The lowest BCUT2D eigenvalue weighted by atomic mass is 10.2. The molecule has 0 aliphatic carbocycles. The molecule has 3 heterocycles. The van der Waals surface area contributed by atoms with Gasteiger partial charge in [-0.05, 0) is 30.3 Å². The molecule has 104 valence electrons. The summed E-state index contributed by atoms with van der Waals surface area (Å²) in [6.45, 7) is 0. The van der Waals surface area contributed by atoms with Gasteiger partial charge in [0.2, 0.25) is 0 Å². The number of nitrogens with zero attached hydrogens (tertiary/aromatic N) is 1.